The number of aryl methyl sites for hydroxylation is 2. The lowest BCUT2D eigenvalue weighted by Crippen LogP contribution is -2.19. The fraction of sp³-hybridized carbons (Fsp3) is 0.250. The topological polar surface area (TPSA) is 44.5 Å². The fourth-order valence-electron chi connectivity index (χ4n) is 2.03. The summed E-state index contributed by atoms with van der Waals surface area (Å²) in [5, 5.41) is 0. The highest BCUT2D eigenvalue weighted by Crippen LogP contribution is 2.30. The van der Waals surface area contributed by atoms with E-state index < -0.39 is 12.8 Å². The van der Waals surface area contributed by atoms with Gasteiger partial charge in [-0.3, -0.25) is 0 Å². The van der Waals surface area contributed by atoms with E-state index in [1.165, 1.54) is 18.2 Å². The normalized spacial score (nSPS) is 11.3. The van der Waals surface area contributed by atoms with Gasteiger partial charge in [-0.2, -0.15) is 13.2 Å². The van der Waals surface area contributed by atoms with Crippen LogP contribution in [0.1, 0.15) is 11.1 Å². The summed E-state index contributed by atoms with van der Waals surface area (Å²) in [6.07, 6.45) is -4.40. The molecule has 0 aliphatic heterocycles. The van der Waals surface area contributed by atoms with Gasteiger partial charge in [-0.15, -0.1) is 0 Å². The van der Waals surface area contributed by atoms with Crippen LogP contribution in [0, 0.1) is 13.8 Å². The van der Waals surface area contributed by atoms with E-state index >= 15 is 0 Å². The van der Waals surface area contributed by atoms with Crippen LogP contribution in [-0.2, 0) is 0 Å². The number of rotatable bonds is 4. The third-order valence-electron chi connectivity index (χ3n) is 2.74. The van der Waals surface area contributed by atoms with Crippen molar-refractivity contribution in [3.8, 4) is 17.2 Å². The maximum Gasteiger partial charge on any atom is 0.422 e. The Kier molecular flexibility index (Phi) is 4.49. The fourth-order valence-corrected chi connectivity index (χ4v) is 2.03. The van der Waals surface area contributed by atoms with E-state index in [1.807, 2.05) is 32.0 Å². The van der Waals surface area contributed by atoms with Crippen LogP contribution in [-0.4, -0.2) is 12.8 Å². The molecule has 0 unspecified atom stereocenters. The molecule has 0 fully saturated rings. The summed E-state index contributed by atoms with van der Waals surface area (Å²) in [7, 11) is 0. The average molecular weight is 311 g/mol. The molecule has 0 heterocycles. The molecule has 0 aliphatic carbocycles. The summed E-state index contributed by atoms with van der Waals surface area (Å²) in [4.78, 5) is 0. The van der Waals surface area contributed by atoms with Crippen LogP contribution < -0.4 is 15.2 Å². The molecule has 2 rings (SSSR count). The summed E-state index contributed by atoms with van der Waals surface area (Å²) in [5.41, 5.74) is 7.98. The first-order valence-electron chi connectivity index (χ1n) is 6.57. The van der Waals surface area contributed by atoms with Crippen LogP contribution >= 0.6 is 0 Å². The van der Waals surface area contributed by atoms with Crippen molar-refractivity contribution in [2.75, 3.05) is 12.3 Å². The molecule has 2 aromatic rings. The maximum atomic E-state index is 12.2. The molecule has 0 amide bonds. The number of halogens is 3. The summed E-state index contributed by atoms with van der Waals surface area (Å²) in [6, 6.07) is 9.86. The van der Waals surface area contributed by atoms with E-state index in [1.54, 1.807) is 0 Å². The van der Waals surface area contributed by atoms with Gasteiger partial charge in [0.1, 0.15) is 17.2 Å². The predicted molar refractivity (Wildman–Crippen MR) is 78.4 cm³/mol. The van der Waals surface area contributed by atoms with E-state index in [2.05, 4.69) is 0 Å². The van der Waals surface area contributed by atoms with Gasteiger partial charge in [0.05, 0.1) is 0 Å². The maximum absolute atomic E-state index is 12.2. The Balaban J connectivity index is 2.18. The van der Waals surface area contributed by atoms with Gasteiger partial charge >= 0.3 is 6.18 Å². The SMILES string of the molecule is Cc1cc(C)cc(Oc2cc(N)cc(OCC(F)(F)F)c2)c1. The highest BCUT2D eigenvalue weighted by molar-refractivity contribution is 5.51. The summed E-state index contributed by atoms with van der Waals surface area (Å²) in [6.45, 7) is 2.48. The van der Waals surface area contributed by atoms with Crippen molar-refractivity contribution in [1.82, 2.24) is 0 Å². The van der Waals surface area contributed by atoms with Gasteiger partial charge in [-0.05, 0) is 37.1 Å². The molecule has 2 aromatic carbocycles. The van der Waals surface area contributed by atoms with E-state index in [-0.39, 0.29) is 11.4 Å². The molecule has 3 nitrogen and oxygen atoms in total. The standard InChI is InChI=1S/C16H16F3NO2/c1-10-3-11(2)5-14(4-10)22-15-7-12(20)6-13(8-15)21-9-16(17,18)19/h3-8H,9,20H2,1-2H3. The lowest BCUT2D eigenvalue weighted by molar-refractivity contribution is -0.153. The van der Waals surface area contributed by atoms with Gasteiger partial charge < -0.3 is 15.2 Å². The molecule has 118 valence electrons. The van der Waals surface area contributed by atoms with Crippen molar-refractivity contribution >= 4 is 5.69 Å². The van der Waals surface area contributed by atoms with Crippen LogP contribution in [0.25, 0.3) is 0 Å². The second-order valence-corrected chi connectivity index (χ2v) is 5.07. The second kappa shape index (κ2) is 6.17. The van der Waals surface area contributed by atoms with Crippen LogP contribution in [0.2, 0.25) is 0 Å². The Morgan fingerprint density at radius 3 is 2.00 bits per heavy atom. The van der Waals surface area contributed by atoms with Crippen molar-refractivity contribution < 1.29 is 22.6 Å². The molecule has 0 radical (unpaired) electrons. The highest BCUT2D eigenvalue weighted by atomic mass is 19.4. The average Bonchev–Trinajstić information content (AvgIpc) is 2.33. The quantitative estimate of drug-likeness (QED) is 0.838. The molecular weight excluding hydrogens is 295 g/mol. The first-order valence-corrected chi connectivity index (χ1v) is 6.57. The number of nitrogen functional groups attached to an aromatic ring is 1. The largest absolute Gasteiger partial charge is 0.484 e. The Morgan fingerprint density at radius 2 is 1.41 bits per heavy atom. The first-order chi connectivity index (χ1) is 10.2. The minimum absolute atomic E-state index is 0.0108. The monoisotopic (exact) mass is 311 g/mol. The van der Waals surface area contributed by atoms with Crippen molar-refractivity contribution in [2.45, 2.75) is 20.0 Å². The molecular formula is C16H16F3NO2. The molecule has 0 bridgehead atoms. The molecule has 0 spiro atoms. The van der Waals surface area contributed by atoms with E-state index in [4.69, 9.17) is 15.2 Å². The molecule has 22 heavy (non-hydrogen) atoms. The van der Waals surface area contributed by atoms with Gasteiger partial charge in [0, 0.05) is 23.9 Å². The zero-order valence-electron chi connectivity index (χ0n) is 12.2. The van der Waals surface area contributed by atoms with Gasteiger partial charge in [0.15, 0.2) is 6.61 Å². The minimum atomic E-state index is -4.40. The molecule has 2 N–H and O–H groups in total. The van der Waals surface area contributed by atoms with Gasteiger partial charge in [0.25, 0.3) is 0 Å². The number of hydrogen-bond donors (Lipinski definition) is 1. The number of ether oxygens (including phenoxy) is 2. The van der Waals surface area contributed by atoms with Gasteiger partial charge in [0.2, 0.25) is 0 Å². The van der Waals surface area contributed by atoms with Crippen molar-refractivity contribution in [2.24, 2.45) is 0 Å². The number of nitrogens with two attached hydrogens (primary N) is 1. The van der Waals surface area contributed by atoms with E-state index in [9.17, 15) is 13.2 Å². The zero-order valence-corrected chi connectivity index (χ0v) is 12.2. The summed E-state index contributed by atoms with van der Waals surface area (Å²) in [5.74, 6) is 0.920. The third kappa shape index (κ3) is 4.87. The first kappa shape index (κ1) is 16.0. The number of anilines is 1. The van der Waals surface area contributed by atoms with Gasteiger partial charge in [-0.1, -0.05) is 6.07 Å². The Hall–Kier alpha value is -2.37. The molecule has 0 aliphatic rings. The Bertz CT molecular complexity index is 649. The van der Waals surface area contributed by atoms with Crippen molar-refractivity contribution in [3.63, 3.8) is 0 Å². The summed E-state index contributed by atoms with van der Waals surface area (Å²) < 4.78 is 46.9. The molecule has 0 saturated carbocycles. The molecule has 6 heteroatoms. The predicted octanol–water partition coefficient (Wildman–Crippen LogP) is 4.62. The lowest BCUT2D eigenvalue weighted by Gasteiger charge is -2.12. The summed E-state index contributed by atoms with van der Waals surface area (Å²) >= 11 is 0. The van der Waals surface area contributed by atoms with Crippen LogP contribution in [0.5, 0.6) is 17.2 Å². The van der Waals surface area contributed by atoms with Crippen molar-refractivity contribution in [1.29, 1.82) is 0 Å². The van der Waals surface area contributed by atoms with Crippen LogP contribution in [0.3, 0.4) is 0 Å². The van der Waals surface area contributed by atoms with E-state index in [0.29, 0.717) is 11.5 Å². The zero-order chi connectivity index (χ0) is 16.3. The number of hydrogen-bond acceptors (Lipinski definition) is 3. The van der Waals surface area contributed by atoms with Crippen LogP contribution in [0.15, 0.2) is 36.4 Å². The second-order valence-electron chi connectivity index (χ2n) is 5.07. The lowest BCUT2D eigenvalue weighted by atomic mass is 10.1. The Labute approximate surface area is 126 Å². The number of benzene rings is 2. The highest BCUT2D eigenvalue weighted by Gasteiger charge is 2.28. The molecule has 0 aromatic heterocycles. The van der Waals surface area contributed by atoms with E-state index in [0.717, 1.165) is 11.1 Å². The Morgan fingerprint density at radius 1 is 0.864 bits per heavy atom. The molecule has 0 saturated heterocycles. The minimum Gasteiger partial charge on any atom is -0.484 e. The smallest absolute Gasteiger partial charge is 0.422 e. The van der Waals surface area contributed by atoms with Gasteiger partial charge in [-0.25, -0.2) is 0 Å². The number of alkyl halides is 3. The molecule has 0 atom stereocenters. The third-order valence-corrected chi connectivity index (χ3v) is 2.74. The van der Waals surface area contributed by atoms with Crippen molar-refractivity contribution in [3.05, 3.63) is 47.5 Å². The van der Waals surface area contributed by atoms with Crippen LogP contribution in [0.4, 0.5) is 18.9 Å².